The summed E-state index contributed by atoms with van der Waals surface area (Å²) >= 11 is 0. The molecule has 2 saturated carbocycles. The largest absolute Gasteiger partial charge is 0.259 e. The lowest BCUT2D eigenvalue weighted by Crippen LogP contribution is -2.35. The van der Waals surface area contributed by atoms with E-state index in [4.69, 9.17) is 5.26 Å². The monoisotopic (exact) mass is 239 g/mol. The molecule has 0 aromatic carbocycles. The second-order valence-corrected chi connectivity index (χ2v) is 7.36. The van der Waals surface area contributed by atoms with Crippen LogP contribution in [0.4, 0.5) is 0 Å². The molecule has 2 rings (SSSR count). The molecule has 2 fully saturated rings. The summed E-state index contributed by atoms with van der Waals surface area (Å²) in [6, 6.07) is 2.39. The van der Waals surface area contributed by atoms with Crippen LogP contribution in [0.5, 0.6) is 0 Å². The summed E-state index contributed by atoms with van der Waals surface area (Å²) in [6.45, 7) is 2.23. The van der Waals surface area contributed by atoms with Crippen LogP contribution in [-0.2, 0) is 10.8 Å². The van der Waals surface area contributed by atoms with Crippen molar-refractivity contribution in [3.8, 4) is 6.07 Å². The van der Waals surface area contributed by atoms with Crippen LogP contribution in [0.3, 0.4) is 0 Å². The molecular weight excluding hydrogens is 218 g/mol. The number of rotatable bonds is 2. The van der Waals surface area contributed by atoms with Crippen LogP contribution in [0, 0.1) is 23.2 Å². The molecule has 4 unspecified atom stereocenters. The first-order chi connectivity index (χ1) is 7.72. The molecule has 4 atom stereocenters. The van der Waals surface area contributed by atoms with Gasteiger partial charge >= 0.3 is 0 Å². The van der Waals surface area contributed by atoms with E-state index in [0.29, 0.717) is 11.2 Å². The highest BCUT2D eigenvalue weighted by molar-refractivity contribution is 7.86. The normalized spacial score (nSPS) is 38.1. The van der Waals surface area contributed by atoms with Gasteiger partial charge in [-0.2, -0.15) is 5.26 Å². The molecule has 90 valence electrons. The average Bonchev–Trinajstić information content (AvgIpc) is 2.81. The molecule has 0 aromatic heterocycles. The second-order valence-electron chi connectivity index (χ2n) is 5.43. The molecule has 0 amide bonds. The van der Waals surface area contributed by atoms with Gasteiger partial charge in [-0.15, -0.1) is 0 Å². The van der Waals surface area contributed by atoms with E-state index in [9.17, 15) is 4.21 Å². The average molecular weight is 239 g/mol. The summed E-state index contributed by atoms with van der Waals surface area (Å²) in [5.74, 6) is 0.706. The first-order valence-corrected chi connectivity index (χ1v) is 7.79. The Morgan fingerprint density at radius 2 is 1.88 bits per heavy atom. The van der Waals surface area contributed by atoms with Gasteiger partial charge in [0, 0.05) is 16.0 Å². The fourth-order valence-corrected chi connectivity index (χ4v) is 5.43. The first-order valence-electron chi connectivity index (χ1n) is 6.51. The summed E-state index contributed by atoms with van der Waals surface area (Å²) in [6.07, 6.45) is 7.80. The highest BCUT2D eigenvalue weighted by atomic mass is 32.2. The molecule has 0 spiro atoms. The molecule has 0 N–H and O–H groups in total. The maximum Gasteiger partial charge on any atom is 0.0668 e. The zero-order valence-electron chi connectivity index (χ0n) is 10.0. The van der Waals surface area contributed by atoms with Gasteiger partial charge in [0.2, 0.25) is 0 Å². The molecule has 0 heterocycles. The van der Waals surface area contributed by atoms with Gasteiger partial charge < -0.3 is 0 Å². The maximum absolute atomic E-state index is 12.5. The quantitative estimate of drug-likeness (QED) is 0.743. The number of hydrogen-bond acceptors (Lipinski definition) is 2. The third-order valence-electron chi connectivity index (χ3n) is 4.15. The van der Waals surface area contributed by atoms with Crippen LogP contribution >= 0.6 is 0 Å². The van der Waals surface area contributed by atoms with E-state index < -0.39 is 10.8 Å². The molecule has 2 aliphatic carbocycles. The van der Waals surface area contributed by atoms with E-state index in [1.807, 2.05) is 0 Å². The van der Waals surface area contributed by atoms with Crippen molar-refractivity contribution < 1.29 is 4.21 Å². The molecule has 0 aromatic rings. The Morgan fingerprint density at radius 1 is 1.19 bits per heavy atom. The third-order valence-corrected chi connectivity index (χ3v) is 6.40. The van der Waals surface area contributed by atoms with Gasteiger partial charge in [-0.1, -0.05) is 19.8 Å². The van der Waals surface area contributed by atoms with Gasteiger partial charge in [0.1, 0.15) is 0 Å². The Hall–Kier alpha value is -0.360. The van der Waals surface area contributed by atoms with Crippen molar-refractivity contribution in [2.45, 2.75) is 62.4 Å². The molecular formula is C13H21NOS. The summed E-state index contributed by atoms with van der Waals surface area (Å²) < 4.78 is 12.5. The fourth-order valence-electron chi connectivity index (χ4n) is 3.10. The standard InChI is InChI=1S/C13H21NOS/c1-10-6-7-11(9-14)13(8-10)16(15)12-4-2-3-5-12/h10-13H,2-8H2,1H3. The molecule has 2 aliphatic rings. The van der Waals surface area contributed by atoms with Gasteiger partial charge in [0.05, 0.1) is 17.2 Å². The van der Waals surface area contributed by atoms with E-state index >= 15 is 0 Å². The van der Waals surface area contributed by atoms with Gasteiger partial charge in [0.15, 0.2) is 0 Å². The molecule has 2 nitrogen and oxygen atoms in total. The van der Waals surface area contributed by atoms with E-state index in [1.165, 1.54) is 12.8 Å². The predicted octanol–water partition coefficient (Wildman–Crippen LogP) is 3.01. The van der Waals surface area contributed by atoms with Crippen molar-refractivity contribution in [1.29, 1.82) is 5.26 Å². The van der Waals surface area contributed by atoms with E-state index in [-0.39, 0.29) is 11.2 Å². The number of hydrogen-bond donors (Lipinski definition) is 0. The van der Waals surface area contributed by atoms with Crippen molar-refractivity contribution in [3.05, 3.63) is 0 Å². The van der Waals surface area contributed by atoms with E-state index in [0.717, 1.165) is 32.1 Å². The molecule has 16 heavy (non-hydrogen) atoms. The van der Waals surface area contributed by atoms with Gasteiger partial charge in [-0.05, 0) is 38.0 Å². The Bertz CT molecular complexity index is 304. The van der Waals surface area contributed by atoms with Gasteiger partial charge in [-0.25, -0.2) is 0 Å². The smallest absolute Gasteiger partial charge is 0.0668 e. The highest BCUT2D eigenvalue weighted by Gasteiger charge is 2.36. The molecule has 0 aliphatic heterocycles. The lowest BCUT2D eigenvalue weighted by molar-refractivity contribution is 0.340. The Kier molecular flexibility index (Phi) is 4.02. The lowest BCUT2D eigenvalue weighted by atomic mass is 9.83. The summed E-state index contributed by atoms with van der Waals surface area (Å²) in [4.78, 5) is 0. The minimum atomic E-state index is -0.755. The van der Waals surface area contributed by atoms with Gasteiger partial charge in [0.25, 0.3) is 0 Å². The van der Waals surface area contributed by atoms with Crippen molar-refractivity contribution in [3.63, 3.8) is 0 Å². The van der Waals surface area contributed by atoms with Crippen LogP contribution < -0.4 is 0 Å². The Labute approximate surface area is 101 Å². The highest BCUT2D eigenvalue weighted by Crippen LogP contribution is 2.35. The topological polar surface area (TPSA) is 40.9 Å². The minimum absolute atomic E-state index is 0.0534. The predicted molar refractivity (Wildman–Crippen MR) is 66.3 cm³/mol. The van der Waals surface area contributed by atoms with Crippen molar-refractivity contribution in [2.24, 2.45) is 11.8 Å². The van der Waals surface area contributed by atoms with Crippen LogP contribution in [0.25, 0.3) is 0 Å². The van der Waals surface area contributed by atoms with Crippen LogP contribution in [0.15, 0.2) is 0 Å². The van der Waals surface area contributed by atoms with Crippen LogP contribution in [-0.4, -0.2) is 14.7 Å². The summed E-state index contributed by atoms with van der Waals surface area (Å²) in [5.41, 5.74) is 0. The van der Waals surface area contributed by atoms with Crippen LogP contribution in [0.1, 0.15) is 51.9 Å². The van der Waals surface area contributed by atoms with Gasteiger partial charge in [-0.3, -0.25) is 4.21 Å². The van der Waals surface area contributed by atoms with Crippen molar-refractivity contribution in [1.82, 2.24) is 0 Å². The summed E-state index contributed by atoms with van der Waals surface area (Å²) in [7, 11) is -0.755. The van der Waals surface area contributed by atoms with Crippen molar-refractivity contribution >= 4 is 10.8 Å². The zero-order valence-corrected chi connectivity index (χ0v) is 10.8. The second kappa shape index (κ2) is 5.31. The fraction of sp³-hybridized carbons (Fsp3) is 0.923. The van der Waals surface area contributed by atoms with Crippen LogP contribution in [0.2, 0.25) is 0 Å². The maximum atomic E-state index is 12.5. The Morgan fingerprint density at radius 3 is 2.50 bits per heavy atom. The summed E-state index contributed by atoms with van der Waals surface area (Å²) in [5, 5.41) is 9.71. The number of nitrogens with zero attached hydrogens (tertiary/aromatic N) is 1. The SMILES string of the molecule is CC1CCC(C#N)C(S(=O)C2CCCC2)C1. The van der Waals surface area contributed by atoms with Crippen molar-refractivity contribution in [2.75, 3.05) is 0 Å². The first kappa shape index (κ1) is 12.1. The molecule has 0 bridgehead atoms. The minimum Gasteiger partial charge on any atom is -0.259 e. The lowest BCUT2D eigenvalue weighted by Gasteiger charge is -2.31. The Balaban J connectivity index is 2.04. The third kappa shape index (κ3) is 2.48. The van der Waals surface area contributed by atoms with E-state index in [2.05, 4.69) is 13.0 Å². The number of nitriles is 1. The van der Waals surface area contributed by atoms with E-state index in [1.54, 1.807) is 0 Å². The zero-order chi connectivity index (χ0) is 11.5. The molecule has 0 saturated heterocycles. The molecule has 3 heteroatoms. The molecule has 0 radical (unpaired) electrons.